The Bertz CT molecular complexity index is 731. The highest BCUT2D eigenvalue weighted by atomic mass is 79.9. The van der Waals surface area contributed by atoms with Gasteiger partial charge in [0.2, 0.25) is 0 Å². The number of amides is 1. The molecule has 0 aromatic heterocycles. The van der Waals surface area contributed by atoms with Crippen LogP contribution in [0.15, 0.2) is 40.9 Å². The fraction of sp³-hybridized carbons (Fsp3) is 0.0667. The lowest BCUT2D eigenvalue weighted by molar-refractivity contribution is 0.0695. The van der Waals surface area contributed by atoms with Crippen LogP contribution in [0.5, 0.6) is 0 Å². The van der Waals surface area contributed by atoms with E-state index in [9.17, 15) is 14.0 Å². The lowest BCUT2D eigenvalue weighted by Crippen LogP contribution is -2.14. The van der Waals surface area contributed by atoms with E-state index in [0.29, 0.717) is 15.7 Å². The van der Waals surface area contributed by atoms with Crippen LogP contribution in [-0.4, -0.2) is 17.0 Å². The number of aryl methyl sites for hydroxylation is 1. The SMILES string of the molecule is Cc1ccc(F)cc1C(=O)Nc1ccc(Br)c(C(=O)O)c1. The molecule has 0 fully saturated rings. The average molecular weight is 352 g/mol. The normalized spacial score (nSPS) is 10.2. The molecule has 0 saturated carbocycles. The van der Waals surface area contributed by atoms with E-state index in [1.165, 1.54) is 24.3 Å². The summed E-state index contributed by atoms with van der Waals surface area (Å²) in [6.07, 6.45) is 0. The molecule has 0 aliphatic rings. The molecule has 0 aliphatic carbocycles. The summed E-state index contributed by atoms with van der Waals surface area (Å²) in [5.74, 6) is -2.11. The Morgan fingerprint density at radius 3 is 2.52 bits per heavy atom. The molecule has 2 rings (SSSR count). The first-order valence-electron chi connectivity index (χ1n) is 5.99. The second-order valence-corrected chi connectivity index (χ2v) is 5.27. The average Bonchev–Trinajstić information content (AvgIpc) is 2.43. The molecule has 0 aliphatic heterocycles. The molecule has 4 nitrogen and oxygen atoms in total. The number of carboxylic acid groups (broad SMARTS) is 1. The lowest BCUT2D eigenvalue weighted by atomic mass is 10.1. The first-order chi connectivity index (χ1) is 9.88. The zero-order valence-corrected chi connectivity index (χ0v) is 12.6. The number of hydrogen-bond donors (Lipinski definition) is 2. The molecule has 6 heteroatoms. The number of anilines is 1. The van der Waals surface area contributed by atoms with Crippen molar-refractivity contribution < 1.29 is 19.1 Å². The van der Waals surface area contributed by atoms with Crippen molar-refractivity contribution in [2.45, 2.75) is 6.92 Å². The van der Waals surface area contributed by atoms with Crippen molar-refractivity contribution in [1.82, 2.24) is 0 Å². The molecule has 21 heavy (non-hydrogen) atoms. The fourth-order valence-corrected chi connectivity index (χ4v) is 2.22. The summed E-state index contributed by atoms with van der Waals surface area (Å²) >= 11 is 3.12. The number of carbonyl (C=O) groups excluding carboxylic acids is 1. The van der Waals surface area contributed by atoms with Crippen molar-refractivity contribution in [2.24, 2.45) is 0 Å². The van der Waals surface area contributed by atoms with Gasteiger partial charge < -0.3 is 10.4 Å². The zero-order chi connectivity index (χ0) is 15.6. The van der Waals surface area contributed by atoms with Gasteiger partial charge in [-0.25, -0.2) is 9.18 Å². The third kappa shape index (κ3) is 3.46. The Kier molecular flexibility index (Phi) is 4.37. The summed E-state index contributed by atoms with van der Waals surface area (Å²) in [7, 11) is 0. The zero-order valence-electron chi connectivity index (χ0n) is 11.0. The van der Waals surface area contributed by atoms with E-state index in [2.05, 4.69) is 21.2 Å². The fourth-order valence-electron chi connectivity index (χ4n) is 1.80. The van der Waals surface area contributed by atoms with Crippen molar-refractivity contribution in [3.8, 4) is 0 Å². The Morgan fingerprint density at radius 2 is 1.86 bits per heavy atom. The molecule has 0 spiro atoms. The summed E-state index contributed by atoms with van der Waals surface area (Å²) in [5, 5.41) is 11.6. The molecule has 2 N–H and O–H groups in total. The van der Waals surface area contributed by atoms with Crippen molar-refractivity contribution in [1.29, 1.82) is 0 Å². The molecule has 0 heterocycles. The third-order valence-corrected chi connectivity index (χ3v) is 3.59. The Hall–Kier alpha value is -2.21. The van der Waals surface area contributed by atoms with Crippen LogP contribution in [0.4, 0.5) is 10.1 Å². The van der Waals surface area contributed by atoms with Gasteiger partial charge in [-0.05, 0) is 58.7 Å². The van der Waals surface area contributed by atoms with E-state index in [0.717, 1.165) is 6.07 Å². The van der Waals surface area contributed by atoms with Crippen LogP contribution in [0.1, 0.15) is 26.3 Å². The molecule has 0 radical (unpaired) electrons. The molecule has 2 aromatic rings. The van der Waals surface area contributed by atoms with Crippen LogP contribution in [0, 0.1) is 12.7 Å². The Balaban J connectivity index is 2.29. The predicted molar refractivity (Wildman–Crippen MR) is 80.2 cm³/mol. The van der Waals surface area contributed by atoms with Gasteiger partial charge in [-0.15, -0.1) is 0 Å². The van der Waals surface area contributed by atoms with Crippen LogP contribution < -0.4 is 5.32 Å². The summed E-state index contributed by atoms with van der Waals surface area (Å²) in [6, 6.07) is 8.34. The number of hydrogen-bond acceptors (Lipinski definition) is 2. The number of aromatic carboxylic acids is 1. The maximum Gasteiger partial charge on any atom is 0.336 e. The van der Waals surface area contributed by atoms with E-state index >= 15 is 0 Å². The van der Waals surface area contributed by atoms with Gasteiger partial charge in [0, 0.05) is 15.7 Å². The Morgan fingerprint density at radius 1 is 1.14 bits per heavy atom. The summed E-state index contributed by atoms with van der Waals surface area (Å²) in [4.78, 5) is 23.2. The second-order valence-electron chi connectivity index (χ2n) is 4.41. The largest absolute Gasteiger partial charge is 0.478 e. The van der Waals surface area contributed by atoms with Crippen LogP contribution in [0.3, 0.4) is 0 Å². The van der Waals surface area contributed by atoms with Gasteiger partial charge in [0.15, 0.2) is 0 Å². The maximum atomic E-state index is 13.2. The second kappa shape index (κ2) is 6.05. The van der Waals surface area contributed by atoms with Gasteiger partial charge in [0.05, 0.1) is 5.56 Å². The monoisotopic (exact) mass is 351 g/mol. The van der Waals surface area contributed by atoms with Gasteiger partial charge >= 0.3 is 5.97 Å². The minimum absolute atomic E-state index is 0.0313. The number of benzene rings is 2. The first-order valence-corrected chi connectivity index (χ1v) is 6.78. The molecule has 1 amide bonds. The summed E-state index contributed by atoms with van der Waals surface area (Å²) in [6.45, 7) is 1.69. The molecule has 0 atom stereocenters. The number of carbonyl (C=O) groups is 2. The highest BCUT2D eigenvalue weighted by Gasteiger charge is 2.13. The van der Waals surface area contributed by atoms with Gasteiger partial charge in [0.1, 0.15) is 5.82 Å². The number of rotatable bonds is 3. The van der Waals surface area contributed by atoms with E-state index in [-0.39, 0.29) is 11.1 Å². The number of carboxylic acids is 1. The van der Waals surface area contributed by atoms with Gasteiger partial charge in [0.25, 0.3) is 5.91 Å². The van der Waals surface area contributed by atoms with Crippen LogP contribution in [0.2, 0.25) is 0 Å². The molecular formula is C15H11BrFNO3. The molecule has 2 aromatic carbocycles. The number of nitrogens with one attached hydrogen (secondary N) is 1. The maximum absolute atomic E-state index is 13.2. The van der Waals surface area contributed by atoms with Gasteiger partial charge in [-0.2, -0.15) is 0 Å². The smallest absolute Gasteiger partial charge is 0.336 e. The van der Waals surface area contributed by atoms with E-state index in [1.807, 2.05) is 0 Å². The van der Waals surface area contributed by atoms with Crippen molar-refractivity contribution in [3.05, 3.63) is 63.4 Å². The standard InChI is InChI=1S/C15H11BrFNO3/c1-8-2-3-9(17)6-11(8)14(19)18-10-4-5-13(16)12(7-10)15(20)21/h2-7H,1H3,(H,18,19)(H,20,21). The predicted octanol–water partition coefficient (Wildman–Crippen LogP) is 3.85. The highest BCUT2D eigenvalue weighted by Crippen LogP contribution is 2.22. The quantitative estimate of drug-likeness (QED) is 0.882. The summed E-state index contributed by atoms with van der Waals surface area (Å²) in [5.41, 5.74) is 1.19. The summed E-state index contributed by atoms with van der Waals surface area (Å²) < 4.78 is 13.6. The molecule has 108 valence electrons. The lowest BCUT2D eigenvalue weighted by Gasteiger charge is -2.09. The van der Waals surface area contributed by atoms with Gasteiger partial charge in [-0.3, -0.25) is 4.79 Å². The molecule has 0 saturated heterocycles. The Labute approximate surface area is 128 Å². The van der Waals surface area contributed by atoms with Crippen molar-refractivity contribution in [2.75, 3.05) is 5.32 Å². The van der Waals surface area contributed by atoms with Crippen LogP contribution in [-0.2, 0) is 0 Å². The molecular weight excluding hydrogens is 341 g/mol. The van der Waals surface area contributed by atoms with Crippen molar-refractivity contribution >= 4 is 33.5 Å². The first kappa shape index (κ1) is 15.2. The van der Waals surface area contributed by atoms with Crippen LogP contribution >= 0.6 is 15.9 Å². The van der Waals surface area contributed by atoms with E-state index < -0.39 is 17.7 Å². The molecule has 0 unspecified atom stereocenters. The minimum atomic E-state index is -1.11. The minimum Gasteiger partial charge on any atom is -0.478 e. The van der Waals surface area contributed by atoms with Crippen LogP contribution in [0.25, 0.3) is 0 Å². The van der Waals surface area contributed by atoms with E-state index in [1.54, 1.807) is 13.0 Å². The van der Waals surface area contributed by atoms with E-state index in [4.69, 9.17) is 5.11 Å². The van der Waals surface area contributed by atoms with Crippen molar-refractivity contribution in [3.63, 3.8) is 0 Å². The van der Waals surface area contributed by atoms with Gasteiger partial charge in [-0.1, -0.05) is 6.07 Å². The third-order valence-electron chi connectivity index (χ3n) is 2.90. The highest BCUT2D eigenvalue weighted by molar-refractivity contribution is 9.10. The number of halogens is 2. The molecule has 0 bridgehead atoms. The topological polar surface area (TPSA) is 66.4 Å².